The Balaban J connectivity index is 1.73. The lowest BCUT2D eigenvalue weighted by molar-refractivity contribution is 0.575. The van der Waals surface area contributed by atoms with Crippen LogP contribution in [0.3, 0.4) is 0 Å². The van der Waals surface area contributed by atoms with Gasteiger partial charge in [0.2, 0.25) is 0 Å². The maximum atomic E-state index is 3.29. The van der Waals surface area contributed by atoms with Crippen LogP contribution in [-0.4, -0.2) is 0 Å². The molecule has 0 N–H and O–H groups in total. The first-order valence-corrected chi connectivity index (χ1v) is 16.1. The Morgan fingerprint density at radius 2 is 0.700 bits per heavy atom. The number of hydrogen-bond acceptors (Lipinski definition) is 0. The number of aryl methyl sites for hydroxylation is 2. The Hall–Kier alpha value is -3.32. The average Bonchev–Trinajstić information content (AvgIpc) is 2.97. The molecule has 1 aliphatic carbocycles. The van der Waals surface area contributed by atoms with Crippen LogP contribution >= 0.6 is 0 Å². The van der Waals surface area contributed by atoms with Gasteiger partial charge in [-0.25, -0.2) is 0 Å². The summed E-state index contributed by atoms with van der Waals surface area (Å²) in [7, 11) is 0. The molecule has 0 saturated heterocycles. The predicted molar refractivity (Wildman–Crippen MR) is 172 cm³/mol. The molecule has 0 amide bonds. The van der Waals surface area contributed by atoms with Gasteiger partial charge in [0.05, 0.1) is 0 Å². The van der Waals surface area contributed by atoms with Gasteiger partial charge in [-0.3, -0.25) is 0 Å². The second kappa shape index (κ2) is 19.7. The summed E-state index contributed by atoms with van der Waals surface area (Å²) < 4.78 is 0. The molecule has 0 unspecified atom stereocenters. The van der Waals surface area contributed by atoms with Crippen LogP contribution in [0.4, 0.5) is 0 Å². The summed E-state index contributed by atoms with van der Waals surface area (Å²) in [5, 5.41) is 3.80. The normalized spacial score (nSPS) is 11.1. The van der Waals surface area contributed by atoms with E-state index in [0.717, 1.165) is 33.7 Å². The molecule has 0 spiro atoms. The lowest BCUT2D eigenvalue weighted by Gasteiger charge is -2.02. The largest absolute Gasteiger partial charge is 0.0654 e. The highest BCUT2D eigenvalue weighted by molar-refractivity contribution is 5.36. The highest BCUT2D eigenvalue weighted by atomic mass is 14.0. The Morgan fingerprint density at radius 3 is 1.07 bits per heavy atom. The summed E-state index contributed by atoms with van der Waals surface area (Å²) in [4.78, 5) is 0. The molecule has 0 heterocycles. The fourth-order valence-corrected chi connectivity index (χ4v) is 5.24. The summed E-state index contributed by atoms with van der Waals surface area (Å²) in [5.74, 6) is 0. The molecule has 40 heavy (non-hydrogen) atoms. The van der Waals surface area contributed by atoms with Gasteiger partial charge in [-0.1, -0.05) is 139 Å². The average molecular weight is 529 g/mol. The van der Waals surface area contributed by atoms with Gasteiger partial charge in [-0.05, 0) is 84.0 Å². The predicted octanol–water partition coefficient (Wildman–Crippen LogP) is 8.02. The van der Waals surface area contributed by atoms with Crippen LogP contribution in [-0.2, 0) is 12.8 Å². The van der Waals surface area contributed by atoms with E-state index in [-0.39, 0.29) is 0 Å². The number of rotatable bonds is 18. The van der Waals surface area contributed by atoms with Gasteiger partial charge in [0.1, 0.15) is 0 Å². The standard InChI is InChI=1S/C40H48/c1-3-5-7-9-11-13-15-17-23-35-29-31-37-25-19-20-26-38-32-30-36(24-18-16-14-12-10-8-6-4-2)34-40(38)28-22-21-27-39(37)33-35/h29-34H,3-18,23-24H2,1-2H3. The lowest BCUT2D eigenvalue weighted by Crippen LogP contribution is -2.23. The molecular formula is C40H48. The van der Waals surface area contributed by atoms with Gasteiger partial charge in [0, 0.05) is 20.9 Å². The Labute approximate surface area is 243 Å². The zero-order valence-electron chi connectivity index (χ0n) is 25.2. The van der Waals surface area contributed by atoms with Crippen molar-refractivity contribution in [2.75, 3.05) is 0 Å². The van der Waals surface area contributed by atoms with E-state index >= 15 is 0 Å². The van der Waals surface area contributed by atoms with Crippen molar-refractivity contribution in [1.29, 1.82) is 0 Å². The smallest absolute Gasteiger partial charge is 0.0415 e. The second-order valence-corrected chi connectivity index (χ2v) is 11.2. The summed E-state index contributed by atoms with van der Waals surface area (Å²) in [6, 6.07) is 13.0. The molecule has 0 atom stereocenters. The van der Waals surface area contributed by atoms with Crippen LogP contribution in [0.25, 0.3) is 22.9 Å². The summed E-state index contributed by atoms with van der Waals surface area (Å²) in [5.41, 5.74) is 28.0. The lowest BCUT2D eigenvalue weighted by atomic mass is 10.0. The van der Waals surface area contributed by atoms with Gasteiger partial charge < -0.3 is 0 Å². The third-order valence-electron chi connectivity index (χ3n) is 7.72. The molecule has 0 aromatic heterocycles. The molecule has 208 valence electrons. The summed E-state index contributed by atoms with van der Waals surface area (Å²) in [6.07, 6.45) is 23.6. The van der Waals surface area contributed by atoms with Crippen molar-refractivity contribution in [3.05, 3.63) is 91.3 Å². The second-order valence-electron chi connectivity index (χ2n) is 11.2. The molecule has 0 nitrogen and oxygen atoms in total. The zero-order valence-corrected chi connectivity index (χ0v) is 25.2. The van der Waals surface area contributed by atoms with Crippen molar-refractivity contribution in [3.63, 3.8) is 0 Å². The molecular weight excluding hydrogens is 480 g/mol. The molecule has 3 rings (SSSR count). The van der Waals surface area contributed by atoms with E-state index in [2.05, 4.69) is 96.1 Å². The molecule has 0 aliphatic heterocycles. The molecule has 1 aliphatic rings. The summed E-state index contributed by atoms with van der Waals surface area (Å²) in [6.45, 7) is 4.55. The maximum absolute atomic E-state index is 3.29. The SMILES string of the molecule is CCCCCCCCCCc1ccc2c(c1)=C=C=C=C=c1cc(CCCCCCCCCC)ccc1=C=C=C=C=2. The minimum Gasteiger partial charge on any atom is -0.0654 e. The first-order valence-electron chi connectivity index (χ1n) is 16.1. The van der Waals surface area contributed by atoms with Gasteiger partial charge in [-0.15, -0.1) is 0 Å². The van der Waals surface area contributed by atoms with Crippen molar-refractivity contribution in [2.45, 2.75) is 129 Å². The number of hydrogen-bond donors (Lipinski definition) is 0. The summed E-state index contributed by atoms with van der Waals surface area (Å²) >= 11 is 0. The first-order chi connectivity index (χ1) is 19.8. The molecule has 0 bridgehead atoms. The van der Waals surface area contributed by atoms with Crippen LogP contribution in [0, 0.1) is 0 Å². The van der Waals surface area contributed by atoms with Crippen LogP contribution in [0.2, 0.25) is 0 Å². The van der Waals surface area contributed by atoms with Crippen molar-refractivity contribution in [1.82, 2.24) is 0 Å². The van der Waals surface area contributed by atoms with Gasteiger partial charge in [0.15, 0.2) is 0 Å². The molecule has 2 aromatic rings. The van der Waals surface area contributed by atoms with Gasteiger partial charge in [0.25, 0.3) is 0 Å². The van der Waals surface area contributed by atoms with Crippen molar-refractivity contribution in [3.8, 4) is 0 Å². The van der Waals surface area contributed by atoms with E-state index in [1.807, 2.05) is 0 Å². The Bertz CT molecular complexity index is 1430. The minimum absolute atomic E-state index is 0.935. The fraction of sp³-hybridized carbons (Fsp3) is 0.500. The van der Waals surface area contributed by atoms with E-state index in [4.69, 9.17) is 0 Å². The Kier molecular flexibility index (Phi) is 15.4. The van der Waals surface area contributed by atoms with Crippen LogP contribution < -0.4 is 20.9 Å². The molecule has 0 heteroatoms. The number of benzene rings is 2. The van der Waals surface area contributed by atoms with Gasteiger partial charge >= 0.3 is 0 Å². The van der Waals surface area contributed by atoms with Crippen molar-refractivity contribution in [2.24, 2.45) is 0 Å². The highest BCUT2D eigenvalue weighted by Gasteiger charge is 1.97. The third-order valence-corrected chi connectivity index (χ3v) is 7.72. The maximum Gasteiger partial charge on any atom is 0.0415 e. The van der Waals surface area contributed by atoms with Gasteiger partial charge in [-0.2, -0.15) is 0 Å². The van der Waals surface area contributed by atoms with E-state index < -0.39 is 0 Å². The van der Waals surface area contributed by atoms with Crippen LogP contribution in [0.1, 0.15) is 128 Å². The van der Waals surface area contributed by atoms with E-state index in [9.17, 15) is 0 Å². The Morgan fingerprint density at radius 1 is 0.375 bits per heavy atom. The topological polar surface area (TPSA) is 0 Å². The fourth-order valence-electron chi connectivity index (χ4n) is 5.24. The van der Waals surface area contributed by atoms with Crippen LogP contribution in [0.5, 0.6) is 0 Å². The first kappa shape index (κ1) is 31.2. The quantitative estimate of drug-likeness (QED) is 0.116. The van der Waals surface area contributed by atoms with E-state index in [1.165, 1.54) is 114 Å². The number of unbranched alkanes of at least 4 members (excludes halogenated alkanes) is 14. The molecule has 0 saturated carbocycles. The number of fused-ring (bicyclic) bond motifs is 2. The third kappa shape index (κ3) is 12.2. The molecule has 2 aromatic carbocycles. The van der Waals surface area contributed by atoms with E-state index in [1.54, 1.807) is 0 Å². The highest BCUT2D eigenvalue weighted by Crippen LogP contribution is 2.11. The zero-order chi connectivity index (χ0) is 28.1. The van der Waals surface area contributed by atoms with Crippen molar-refractivity contribution >= 4 is 22.9 Å². The monoisotopic (exact) mass is 528 g/mol. The van der Waals surface area contributed by atoms with E-state index in [0.29, 0.717) is 0 Å². The molecule has 0 radical (unpaired) electrons. The van der Waals surface area contributed by atoms with Crippen LogP contribution in [0.15, 0.2) is 59.3 Å². The van der Waals surface area contributed by atoms with Crippen molar-refractivity contribution < 1.29 is 0 Å². The molecule has 0 fully saturated rings. The minimum atomic E-state index is 0.935.